The predicted molar refractivity (Wildman–Crippen MR) is 111 cm³/mol. The van der Waals surface area contributed by atoms with Crippen LogP contribution in [0.1, 0.15) is 26.3 Å². The molecule has 6 nitrogen and oxygen atoms in total. The van der Waals surface area contributed by atoms with Gasteiger partial charge in [0.25, 0.3) is 5.91 Å². The Morgan fingerprint density at radius 2 is 1.82 bits per heavy atom. The Kier molecular flexibility index (Phi) is 5.56. The van der Waals surface area contributed by atoms with Gasteiger partial charge in [0, 0.05) is 16.2 Å². The number of urea groups is 1. The fourth-order valence-corrected chi connectivity index (χ4v) is 3.77. The van der Waals surface area contributed by atoms with Crippen molar-refractivity contribution in [3.8, 4) is 0 Å². The molecule has 1 heterocycles. The first-order valence-electron chi connectivity index (χ1n) is 9.01. The van der Waals surface area contributed by atoms with Gasteiger partial charge in [0.2, 0.25) is 5.91 Å². The van der Waals surface area contributed by atoms with Crippen LogP contribution in [0.5, 0.6) is 0 Å². The van der Waals surface area contributed by atoms with Crippen LogP contribution in [0.2, 0.25) is 0 Å². The molecule has 0 bridgehead atoms. The molecule has 146 valence electrons. The van der Waals surface area contributed by atoms with Crippen molar-refractivity contribution in [2.45, 2.75) is 32.4 Å². The third-order valence-corrected chi connectivity index (χ3v) is 5.28. The first-order chi connectivity index (χ1) is 13.2. The van der Waals surface area contributed by atoms with E-state index in [9.17, 15) is 14.4 Å². The topological polar surface area (TPSA) is 69.7 Å². The number of hydrogen-bond donors (Lipinski definition) is 1. The third-order valence-electron chi connectivity index (χ3n) is 4.79. The second-order valence-electron chi connectivity index (χ2n) is 7.15. The van der Waals surface area contributed by atoms with E-state index in [1.54, 1.807) is 30.0 Å². The Labute approximate surface area is 172 Å². The van der Waals surface area contributed by atoms with Gasteiger partial charge in [0.15, 0.2) is 0 Å². The van der Waals surface area contributed by atoms with Gasteiger partial charge in [-0.2, -0.15) is 0 Å². The second-order valence-corrected chi connectivity index (χ2v) is 8.07. The predicted octanol–water partition coefficient (Wildman–Crippen LogP) is 3.66. The average Bonchev–Trinajstić information content (AvgIpc) is 2.86. The minimum Gasteiger partial charge on any atom is -0.319 e. The van der Waals surface area contributed by atoms with Gasteiger partial charge < -0.3 is 10.2 Å². The maximum absolute atomic E-state index is 13.1. The Hall–Kier alpha value is -2.67. The third kappa shape index (κ3) is 3.67. The summed E-state index contributed by atoms with van der Waals surface area (Å²) >= 11 is 3.39. The van der Waals surface area contributed by atoms with Crippen LogP contribution in [-0.2, 0) is 15.1 Å². The van der Waals surface area contributed by atoms with Crippen molar-refractivity contribution in [1.29, 1.82) is 0 Å². The summed E-state index contributed by atoms with van der Waals surface area (Å²) < 4.78 is 0.804. The lowest BCUT2D eigenvalue weighted by Gasteiger charge is -2.28. The van der Waals surface area contributed by atoms with Gasteiger partial charge in [-0.3, -0.25) is 14.5 Å². The smallest absolute Gasteiger partial charge is 0.319 e. The zero-order valence-corrected chi connectivity index (χ0v) is 17.6. The summed E-state index contributed by atoms with van der Waals surface area (Å²) in [6.45, 7) is 5.11. The summed E-state index contributed by atoms with van der Waals surface area (Å²) in [6.07, 6.45) is 0. The van der Waals surface area contributed by atoms with Crippen LogP contribution in [0, 0.1) is 0 Å². The fraction of sp³-hybridized carbons (Fsp3) is 0.286. The Bertz CT molecular complexity index is 916. The highest BCUT2D eigenvalue weighted by Gasteiger charge is 2.49. The first-order valence-corrected chi connectivity index (χ1v) is 9.80. The molecule has 1 atom stereocenters. The Morgan fingerprint density at radius 1 is 1.14 bits per heavy atom. The van der Waals surface area contributed by atoms with Gasteiger partial charge in [-0.05, 0) is 50.6 Å². The second kappa shape index (κ2) is 7.75. The molecular weight excluding hydrogens is 422 g/mol. The summed E-state index contributed by atoms with van der Waals surface area (Å²) in [7, 11) is 0. The highest BCUT2D eigenvalue weighted by Crippen LogP contribution is 2.30. The van der Waals surface area contributed by atoms with Crippen LogP contribution >= 0.6 is 15.9 Å². The molecule has 0 aliphatic carbocycles. The molecule has 28 heavy (non-hydrogen) atoms. The minimum absolute atomic E-state index is 0.118. The number of carbonyl (C=O) groups is 3. The van der Waals surface area contributed by atoms with Gasteiger partial charge in [-0.25, -0.2) is 4.79 Å². The average molecular weight is 444 g/mol. The Morgan fingerprint density at radius 3 is 2.43 bits per heavy atom. The molecule has 0 saturated carbocycles. The van der Waals surface area contributed by atoms with E-state index >= 15 is 0 Å². The molecule has 0 aromatic heterocycles. The van der Waals surface area contributed by atoms with E-state index in [2.05, 4.69) is 21.2 Å². The Balaban J connectivity index is 1.85. The quantitative estimate of drug-likeness (QED) is 0.716. The normalized spacial score (nSPS) is 19.1. The number of anilines is 1. The van der Waals surface area contributed by atoms with Crippen molar-refractivity contribution in [2.24, 2.45) is 0 Å². The molecule has 1 fully saturated rings. The molecular formula is C21H22BrN3O3. The van der Waals surface area contributed by atoms with Crippen molar-refractivity contribution >= 4 is 39.5 Å². The number of hydrogen-bond acceptors (Lipinski definition) is 3. The summed E-state index contributed by atoms with van der Waals surface area (Å²) in [6, 6.07) is 15.7. The van der Waals surface area contributed by atoms with E-state index in [0.717, 1.165) is 15.1 Å². The largest absolute Gasteiger partial charge is 0.325 e. The SMILES string of the molecule is CC(C)N(C(=O)CN1C(=O)N[C@](C)(c2cccc(Br)c2)C1=O)c1ccccc1. The van der Waals surface area contributed by atoms with E-state index in [1.807, 2.05) is 50.2 Å². The molecule has 0 spiro atoms. The van der Waals surface area contributed by atoms with Crippen LogP contribution in [0.3, 0.4) is 0 Å². The number of benzene rings is 2. The standard InChI is InChI=1S/C21H22BrN3O3/c1-14(2)25(17-10-5-4-6-11-17)18(26)13-24-19(27)21(3,23-20(24)28)15-8-7-9-16(22)12-15/h4-12,14H,13H2,1-3H3,(H,23,28)/t21-/m1/s1. The van der Waals surface area contributed by atoms with Crippen molar-refractivity contribution in [2.75, 3.05) is 11.4 Å². The zero-order chi connectivity index (χ0) is 20.5. The number of halogens is 1. The van der Waals surface area contributed by atoms with Crippen LogP contribution in [0.25, 0.3) is 0 Å². The number of rotatable bonds is 5. The van der Waals surface area contributed by atoms with E-state index in [4.69, 9.17) is 0 Å². The lowest BCUT2D eigenvalue weighted by Crippen LogP contribution is -2.46. The van der Waals surface area contributed by atoms with Gasteiger partial charge in [0.1, 0.15) is 12.1 Å². The van der Waals surface area contributed by atoms with Gasteiger partial charge in [-0.1, -0.05) is 46.3 Å². The van der Waals surface area contributed by atoms with E-state index in [1.165, 1.54) is 0 Å². The summed E-state index contributed by atoms with van der Waals surface area (Å²) in [4.78, 5) is 41.2. The van der Waals surface area contributed by atoms with Crippen molar-refractivity contribution in [3.05, 3.63) is 64.6 Å². The molecule has 2 aromatic rings. The van der Waals surface area contributed by atoms with Crippen LogP contribution in [0.4, 0.5) is 10.5 Å². The maximum Gasteiger partial charge on any atom is 0.325 e. The summed E-state index contributed by atoms with van der Waals surface area (Å²) in [5, 5.41) is 2.73. The van der Waals surface area contributed by atoms with Crippen LogP contribution in [0.15, 0.2) is 59.1 Å². The molecule has 1 aliphatic heterocycles. The number of nitrogens with zero attached hydrogens (tertiary/aromatic N) is 2. The molecule has 1 saturated heterocycles. The number of nitrogens with one attached hydrogen (secondary N) is 1. The molecule has 3 rings (SSSR count). The highest BCUT2D eigenvalue weighted by atomic mass is 79.9. The highest BCUT2D eigenvalue weighted by molar-refractivity contribution is 9.10. The number of carbonyl (C=O) groups excluding carboxylic acids is 3. The molecule has 1 N–H and O–H groups in total. The van der Waals surface area contributed by atoms with Gasteiger partial charge >= 0.3 is 6.03 Å². The van der Waals surface area contributed by atoms with Crippen molar-refractivity contribution in [3.63, 3.8) is 0 Å². The minimum atomic E-state index is -1.21. The molecule has 0 radical (unpaired) electrons. The van der Waals surface area contributed by atoms with E-state index in [-0.39, 0.29) is 18.5 Å². The molecule has 1 aliphatic rings. The van der Waals surface area contributed by atoms with Crippen molar-refractivity contribution in [1.82, 2.24) is 10.2 Å². The molecule has 7 heteroatoms. The maximum atomic E-state index is 13.1. The number of amides is 4. The number of imide groups is 1. The number of para-hydroxylation sites is 1. The van der Waals surface area contributed by atoms with Crippen LogP contribution in [-0.4, -0.2) is 35.3 Å². The lowest BCUT2D eigenvalue weighted by atomic mass is 9.92. The zero-order valence-electron chi connectivity index (χ0n) is 16.0. The van der Waals surface area contributed by atoms with Crippen LogP contribution < -0.4 is 10.2 Å². The lowest BCUT2D eigenvalue weighted by molar-refractivity contribution is -0.134. The summed E-state index contributed by atoms with van der Waals surface area (Å²) in [5.41, 5.74) is 0.166. The fourth-order valence-electron chi connectivity index (χ4n) is 3.37. The van der Waals surface area contributed by atoms with Gasteiger partial charge in [-0.15, -0.1) is 0 Å². The van der Waals surface area contributed by atoms with E-state index in [0.29, 0.717) is 5.56 Å². The van der Waals surface area contributed by atoms with Gasteiger partial charge in [0.05, 0.1) is 0 Å². The van der Waals surface area contributed by atoms with E-state index < -0.39 is 17.5 Å². The monoisotopic (exact) mass is 443 g/mol. The molecule has 4 amide bonds. The van der Waals surface area contributed by atoms with Crippen molar-refractivity contribution < 1.29 is 14.4 Å². The molecule has 0 unspecified atom stereocenters. The summed E-state index contributed by atoms with van der Waals surface area (Å²) in [5.74, 6) is -0.760. The first kappa shape index (κ1) is 20.1. The molecule has 2 aromatic carbocycles.